The van der Waals surface area contributed by atoms with Crippen LogP contribution in [0.1, 0.15) is 32.0 Å². The number of rotatable bonds is 4. The van der Waals surface area contributed by atoms with Gasteiger partial charge in [0.05, 0.1) is 0 Å². The third-order valence-electron chi connectivity index (χ3n) is 4.41. The summed E-state index contributed by atoms with van der Waals surface area (Å²) in [4.78, 5) is 27.6. The maximum atomic E-state index is 12.2. The average Bonchev–Trinajstić information content (AvgIpc) is 2.88. The summed E-state index contributed by atoms with van der Waals surface area (Å²) in [5, 5.41) is 6.67. The predicted octanol–water partition coefficient (Wildman–Crippen LogP) is 2.22. The number of amides is 2. The quantitative estimate of drug-likeness (QED) is 0.754. The molecule has 5 nitrogen and oxygen atoms in total. The Hall–Kier alpha value is -2.56. The van der Waals surface area contributed by atoms with Gasteiger partial charge < -0.3 is 15.6 Å². The zero-order valence-corrected chi connectivity index (χ0v) is 14.3. The molecule has 0 spiro atoms. The van der Waals surface area contributed by atoms with Crippen LogP contribution in [0, 0.1) is 0 Å². The van der Waals surface area contributed by atoms with E-state index in [1.807, 2.05) is 18.2 Å². The van der Waals surface area contributed by atoms with Gasteiger partial charge in [-0.15, -0.1) is 0 Å². The summed E-state index contributed by atoms with van der Waals surface area (Å²) in [5.74, 6) is -0.258. The van der Waals surface area contributed by atoms with Gasteiger partial charge in [-0.2, -0.15) is 0 Å². The van der Waals surface area contributed by atoms with Gasteiger partial charge in [-0.1, -0.05) is 29.8 Å². The molecule has 2 heterocycles. The minimum Gasteiger partial charge on any atom is -0.358 e. The molecule has 5 heteroatoms. The number of allylic oxidation sites excluding steroid dienone is 2. The summed E-state index contributed by atoms with van der Waals surface area (Å²) >= 11 is 0. The van der Waals surface area contributed by atoms with E-state index in [4.69, 9.17) is 0 Å². The number of H-pyrrole nitrogens is 1. The number of para-hydroxylation sites is 1. The fraction of sp³-hybridized carbons (Fsp3) is 0.368. The Bertz CT molecular complexity index is 815. The van der Waals surface area contributed by atoms with Crippen LogP contribution < -0.4 is 10.6 Å². The van der Waals surface area contributed by atoms with Crippen LogP contribution in [0.2, 0.25) is 0 Å². The maximum absolute atomic E-state index is 12.2. The molecule has 2 amide bonds. The summed E-state index contributed by atoms with van der Waals surface area (Å²) < 4.78 is 0. The van der Waals surface area contributed by atoms with E-state index in [0.29, 0.717) is 6.42 Å². The van der Waals surface area contributed by atoms with E-state index < -0.39 is 12.1 Å². The number of carbonyl (C=O) groups is 2. The zero-order chi connectivity index (χ0) is 17.3. The van der Waals surface area contributed by atoms with Crippen molar-refractivity contribution in [3.05, 3.63) is 47.2 Å². The van der Waals surface area contributed by atoms with Crippen molar-refractivity contribution in [2.24, 2.45) is 0 Å². The number of fused-ring (bicyclic) bond motifs is 1. The van der Waals surface area contributed by atoms with Crippen LogP contribution in [0.4, 0.5) is 0 Å². The van der Waals surface area contributed by atoms with Gasteiger partial charge in [0.25, 0.3) is 0 Å². The second-order valence-corrected chi connectivity index (χ2v) is 6.61. The van der Waals surface area contributed by atoms with Crippen molar-refractivity contribution in [1.29, 1.82) is 0 Å². The number of aromatic amines is 1. The normalized spacial score (nSPS) is 20.6. The van der Waals surface area contributed by atoms with E-state index in [1.54, 1.807) is 6.92 Å². The number of nitrogens with one attached hydrogen (secondary N) is 3. The average molecular weight is 325 g/mol. The molecule has 1 aromatic heterocycles. The summed E-state index contributed by atoms with van der Waals surface area (Å²) in [6.07, 6.45) is 3.43. The molecule has 0 bridgehead atoms. The molecular formula is C19H23N3O2. The largest absolute Gasteiger partial charge is 0.358 e. The third-order valence-corrected chi connectivity index (χ3v) is 4.41. The molecule has 2 aromatic rings. The molecule has 1 fully saturated rings. The summed E-state index contributed by atoms with van der Waals surface area (Å²) in [6.45, 7) is 5.83. The Labute approximate surface area is 141 Å². The minimum absolute atomic E-state index is 0.124. The first-order chi connectivity index (χ1) is 11.5. The van der Waals surface area contributed by atoms with E-state index in [0.717, 1.165) is 28.6 Å². The van der Waals surface area contributed by atoms with E-state index in [1.165, 1.54) is 5.57 Å². The summed E-state index contributed by atoms with van der Waals surface area (Å²) in [7, 11) is 0. The van der Waals surface area contributed by atoms with Crippen LogP contribution in [0.25, 0.3) is 10.9 Å². The third kappa shape index (κ3) is 3.20. The lowest BCUT2D eigenvalue weighted by Gasteiger charge is -2.27. The molecular weight excluding hydrogens is 302 g/mol. The van der Waals surface area contributed by atoms with Crippen molar-refractivity contribution in [1.82, 2.24) is 15.6 Å². The highest BCUT2D eigenvalue weighted by molar-refractivity contribution is 5.97. The Morgan fingerprint density at radius 2 is 1.88 bits per heavy atom. The topological polar surface area (TPSA) is 74.0 Å². The van der Waals surface area contributed by atoms with Gasteiger partial charge in [-0.3, -0.25) is 9.59 Å². The van der Waals surface area contributed by atoms with Gasteiger partial charge in [0.1, 0.15) is 12.1 Å². The van der Waals surface area contributed by atoms with Crippen LogP contribution in [0.15, 0.2) is 35.9 Å². The molecule has 126 valence electrons. The van der Waals surface area contributed by atoms with Crippen molar-refractivity contribution in [2.75, 3.05) is 0 Å². The Morgan fingerprint density at radius 1 is 1.12 bits per heavy atom. The number of hydrogen-bond donors (Lipinski definition) is 3. The van der Waals surface area contributed by atoms with Crippen molar-refractivity contribution in [3.8, 4) is 0 Å². The highest BCUT2D eigenvalue weighted by atomic mass is 16.2. The van der Waals surface area contributed by atoms with E-state index in [2.05, 4.69) is 41.6 Å². The van der Waals surface area contributed by atoms with Crippen LogP contribution >= 0.6 is 0 Å². The Kier molecular flexibility index (Phi) is 4.42. The molecule has 3 N–H and O–H groups in total. The number of hydrogen-bond acceptors (Lipinski definition) is 2. The molecule has 0 saturated carbocycles. The number of carbonyl (C=O) groups excluding carboxylic acids is 2. The standard InChI is InChI=1S/C19H23N3O2/c1-11(2)8-9-16-14(13-6-4-5-7-15(13)21-16)10-17-19(24)20-12(3)18(23)22-17/h4-8,12,17,21H,9-10H2,1-3H3,(H,20,24)(H,22,23)/t12-,17-/m0/s1. The highest BCUT2D eigenvalue weighted by Gasteiger charge is 2.32. The van der Waals surface area contributed by atoms with Gasteiger partial charge in [-0.05, 0) is 32.4 Å². The minimum atomic E-state index is -0.529. The van der Waals surface area contributed by atoms with E-state index in [-0.39, 0.29) is 11.8 Å². The predicted molar refractivity (Wildman–Crippen MR) is 94.7 cm³/mol. The molecule has 0 unspecified atom stereocenters. The van der Waals surface area contributed by atoms with E-state index >= 15 is 0 Å². The lowest BCUT2D eigenvalue weighted by molar-refractivity contribution is -0.136. The Balaban J connectivity index is 1.95. The fourth-order valence-electron chi connectivity index (χ4n) is 3.06. The molecule has 3 rings (SSSR count). The van der Waals surface area contributed by atoms with Gasteiger partial charge in [-0.25, -0.2) is 0 Å². The lowest BCUT2D eigenvalue weighted by atomic mass is 9.98. The van der Waals surface area contributed by atoms with Crippen LogP contribution in [0.3, 0.4) is 0 Å². The second kappa shape index (κ2) is 6.51. The van der Waals surface area contributed by atoms with Crippen LogP contribution in [0.5, 0.6) is 0 Å². The first-order valence-electron chi connectivity index (χ1n) is 8.28. The van der Waals surface area contributed by atoms with Crippen molar-refractivity contribution >= 4 is 22.7 Å². The second-order valence-electron chi connectivity index (χ2n) is 6.61. The first kappa shape index (κ1) is 16.3. The summed E-state index contributed by atoms with van der Waals surface area (Å²) in [6, 6.07) is 7.07. The first-order valence-corrected chi connectivity index (χ1v) is 8.28. The number of aromatic nitrogens is 1. The molecule has 0 radical (unpaired) electrons. The lowest BCUT2D eigenvalue weighted by Crippen LogP contribution is -2.61. The number of piperazine rings is 1. The maximum Gasteiger partial charge on any atom is 0.243 e. The zero-order valence-electron chi connectivity index (χ0n) is 14.3. The molecule has 1 aromatic carbocycles. The van der Waals surface area contributed by atoms with Crippen molar-refractivity contribution < 1.29 is 9.59 Å². The van der Waals surface area contributed by atoms with Gasteiger partial charge in [0.2, 0.25) is 11.8 Å². The molecule has 0 aliphatic carbocycles. The monoisotopic (exact) mass is 325 g/mol. The molecule has 1 aliphatic heterocycles. The van der Waals surface area contributed by atoms with Gasteiger partial charge >= 0.3 is 0 Å². The van der Waals surface area contributed by atoms with Crippen LogP contribution in [-0.4, -0.2) is 28.9 Å². The SMILES string of the molecule is CC(C)=CCc1[nH]c2ccccc2c1C[C@@H]1NC(=O)[C@H](C)NC1=O. The van der Waals surface area contributed by atoms with Crippen LogP contribution in [-0.2, 0) is 22.4 Å². The molecule has 24 heavy (non-hydrogen) atoms. The van der Waals surface area contributed by atoms with Crippen molar-refractivity contribution in [2.45, 2.75) is 45.7 Å². The highest BCUT2D eigenvalue weighted by Crippen LogP contribution is 2.25. The smallest absolute Gasteiger partial charge is 0.243 e. The fourth-order valence-corrected chi connectivity index (χ4v) is 3.06. The van der Waals surface area contributed by atoms with E-state index in [9.17, 15) is 9.59 Å². The summed E-state index contributed by atoms with van der Waals surface area (Å²) in [5.41, 5.74) is 4.49. The van der Waals surface area contributed by atoms with Gasteiger partial charge in [0, 0.05) is 29.4 Å². The Morgan fingerprint density at radius 3 is 2.62 bits per heavy atom. The number of benzene rings is 1. The molecule has 1 saturated heterocycles. The van der Waals surface area contributed by atoms with Crippen molar-refractivity contribution in [3.63, 3.8) is 0 Å². The van der Waals surface area contributed by atoms with Gasteiger partial charge in [0.15, 0.2) is 0 Å². The molecule has 2 atom stereocenters. The molecule has 1 aliphatic rings.